The van der Waals surface area contributed by atoms with Crippen LogP contribution in [0.1, 0.15) is 17.4 Å². The van der Waals surface area contributed by atoms with Crippen LogP contribution in [0.2, 0.25) is 0 Å². The van der Waals surface area contributed by atoms with Gasteiger partial charge in [0.15, 0.2) is 0 Å². The lowest BCUT2D eigenvalue weighted by molar-refractivity contribution is -0.145. The van der Waals surface area contributed by atoms with E-state index in [9.17, 15) is 23.1 Å². The highest BCUT2D eigenvalue weighted by Gasteiger charge is 2.39. The van der Waals surface area contributed by atoms with Crippen LogP contribution in [0, 0.1) is 0 Å². The molecule has 0 unspecified atom stereocenters. The number of aromatic hydroxyl groups is 1. The molecule has 7 nitrogen and oxygen atoms in total. The maximum Gasteiger partial charge on any atom is 0.453 e. The van der Waals surface area contributed by atoms with Crippen molar-refractivity contribution in [3.8, 4) is 5.75 Å². The molecule has 0 aliphatic carbocycles. The Balaban J connectivity index is 2.12. The summed E-state index contributed by atoms with van der Waals surface area (Å²) in [7, 11) is 0. The molecule has 0 radical (unpaired) electrons. The molecule has 2 heterocycles. The molecule has 120 valence electrons. The van der Waals surface area contributed by atoms with Crippen molar-refractivity contribution in [3.63, 3.8) is 0 Å². The fourth-order valence-corrected chi connectivity index (χ4v) is 2.15. The number of carboxylic acids is 1. The van der Waals surface area contributed by atoms with E-state index in [0.717, 1.165) is 4.68 Å². The monoisotopic (exact) mass is 326 g/mol. The summed E-state index contributed by atoms with van der Waals surface area (Å²) in [6, 6.07) is 4.70. The number of phenols is 1. The molecule has 3 rings (SSSR count). The summed E-state index contributed by atoms with van der Waals surface area (Å²) >= 11 is 0. The fraction of sp³-hybridized carbons (Fsp3) is 0.154. The van der Waals surface area contributed by atoms with E-state index in [1.165, 1.54) is 30.3 Å². The average molecular weight is 326 g/mol. The number of halogens is 3. The summed E-state index contributed by atoms with van der Waals surface area (Å²) in [6.45, 7) is 0. The molecule has 1 atom stereocenters. The van der Waals surface area contributed by atoms with Gasteiger partial charge in [0.05, 0.1) is 0 Å². The minimum Gasteiger partial charge on any atom is -0.508 e. The van der Waals surface area contributed by atoms with Gasteiger partial charge in [0.1, 0.15) is 17.5 Å². The van der Waals surface area contributed by atoms with Crippen LogP contribution < -0.4 is 5.32 Å². The van der Waals surface area contributed by atoms with Crippen molar-refractivity contribution in [3.05, 3.63) is 47.4 Å². The van der Waals surface area contributed by atoms with Gasteiger partial charge < -0.3 is 15.5 Å². The molecule has 2 aromatic rings. The highest BCUT2D eigenvalue weighted by molar-refractivity contribution is 5.90. The number of nitrogens with zero attached hydrogens (tertiary/aromatic N) is 3. The smallest absolute Gasteiger partial charge is 0.453 e. The lowest BCUT2D eigenvalue weighted by Gasteiger charge is -2.22. The van der Waals surface area contributed by atoms with Gasteiger partial charge in [-0.3, -0.25) is 0 Å². The molecule has 23 heavy (non-hydrogen) atoms. The topological polar surface area (TPSA) is 100 Å². The van der Waals surface area contributed by atoms with E-state index >= 15 is 0 Å². The van der Waals surface area contributed by atoms with E-state index in [4.69, 9.17) is 5.11 Å². The Labute approximate surface area is 126 Å². The molecule has 0 spiro atoms. The summed E-state index contributed by atoms with van der Waals surface area (Å²) in [6.07, 6.45) is -3.54. The van der Waals surface area contributed by atoms with Gasteiger partial charge in [-0.2, -0.15) is 18.2 Å². The molecule has 0 bridgehead atoms. The first kappa shape index (κ1) is 14.9. The number of hydrogen-bond acceptors (Lipinski definition) is 5. The van der Waals surface area contributed by atoms with Crippen LogP contribution in [0.3, 0.4) is 0 Å². The van der Waals surface area contributed by atoms with Crippen molar-refractivity contribution in [2.45, 2.75) is 12.2 Å². The summed E-state index contributed by atoms with van der Waals surface area (Å²) < 4.78 is 39.3. The van der Waals surface area contributed by atoms with Crippen molar-refractivity contribution in [1.29, 1.82) is 0 Å². The number of phenolic OH excluding ortho intramolecular Hbond substituents is 1. The summed E-state index contributed by atoms with van der Waals surface area (Å²) in [5.41, 5.74) is 0.139. The molecule has 0 amide bonds. The first-order chi connectivity index (χ1) is 10.8. The van der Waals surface area contributed by atoms with E-state index in [0.29, 0.717) is 5.56 Å². The maximum atomic E-state index is 12.8. The normalized spacial score (nSPS) is 17.2. The van der Waals surface area contributed by atoms with Crippen molar-refractivity contribution < 1.29 is 28.2 Å². The second-order valence-electron chi connectivity index (χ2n) is 4.75. The SMILES string of the molecule is O=C(O)C1=C[C@@H](c2ccc(O)cc2)n2nc(C(F)(F)F)nc2N1. The minimum absolute atomic E-state index is 0.0279. The van der Waals surface area contributed by atoms with Gasteiger partial charge in [-0.1, -0.05) is 12.1 Å². The maximum absolute atomic E-state index is 12.8. The lowest BCUT2D eigenvalue weighted by Crippen LogP contribution is -2.24. The number of rotatable bonds is 2. The van der Waals surface area contributed by atoms with Gasteiger partial charge in [-0.15, -0.1) is 5.10 Å². The van der Waals surface area contributed by atoms with Crippen LogP contribution in [0.4, 0.5) is 19.1 Å². The number of aromatic nitrogens is 3. The highest BCUT2D eigenvalue weighted by Crippen LogP contribution is 2.33. The van der Waals surface area contributed by atoms with E-state index in [1.54, 1.807) is 0 Å². The Morgan fingerprint density at radius 1 is 1.26 bits per heavy atom. The molecule has 0 saturated carbocycles. The number of aliphatic carboxylic acids is 1. The Morgan fingerprint density at radius 3 is 2.48 bits per heavy atom. The van der Waals surface area contributed by atoms with Crippen molar-refractivity contribution in [1.82, 2.24) is 14.8 Å². The van der Waals surface area contributed by atoms with Crippen LogP contribution in [0.15, 0.2) is 36.0 Å². The number of hydrogen-bond donors (Lipinski definition) is 3. The van der Waals surface area contributed by atoms with E-state index in [1.807, 2.05) is 0 Å². The Hall–Kier alpha value is -3.04. The molecule has 3 N–H and O–H groups in total. The molecule has 1 aliphatic rings. The van der Waals surface area contributed by atoms with Crippen molar-refractivity contribution in [2.24, 2.45) is 0 Å². The summed E-state index contributed by atoms with van der Waals surface area (Å²) in [5, 5.41) is 24.1. The number of carboxylic acid groups (broad SMARTS) is 1. The van der Waals surface area contributed by atoms with Gasteiger partial charge in [0.25, 0.3) is 5.82 Å². The molecule has 0 fully saturated rings. The molecule has 10 heteroatoms. The number of alkyl halides is 3. The second kappa shape index (κ2) is 5.00. The molecular formula is C13H9F3N4O3. The van der Waals surface area contributed by atoms with Crippen LogP contribution >= 0.6 is 0 Å². The van der Waals surface area contributed by atoms with Crippen molar-refractivity contribution in [2.75, 3.05) is 5.32 Å². The van der Waals surface area contributed by atoms with Crippen LogP contribution in [0.25, 0.3) is 0 Å². The van der Waals surface area contributed by atoms with Gasteiger partial charge in [0.2, 0.25) is 5.95 Å². The van der Waals surface area contributed by atoms with Gasteiger partial charge in [-0.05, 0) is 23.8 Å². The zero-order chi connectivity index (χ0) is 16.8. The molecule has 1 aromatic carbocycles. The number of allylic oxidation sites excluding steroid dienone is 1. The zero-order valence-electron chi connectivity index (χ0n) is 11.2. The third-order valence-electron chi connectivity index (χ3n) is 3.18. The number of fused-ring (bicyclic) bond motifs is 1. The summed E-state index contributed by atoms with van der Waals surface area (Å²) in [5.74, 6) is -3.06. The number of benzene rings is 1. The predicted molar refractivity (Wildman–Crippen MR) is 70.6 cm³/mol. The average Bonchev–Trinajstić information content (AvgIpc) is 2.91. The van der Waals surface area contributed by atoms with E-state index in [-0.39, 0.29) is 17.4 Å². The zero-order valence-corrected chi connectivity index (χ0v) is 11.2. The van der Waals surface area contributed by atoms with Crippen molar-refractivity contribution >= 4 is 11.9 Å². The van der Waals surface area contributed by atoms with Crippen LogP contribution in [-0.2, 0) is 11.0 Å². The Kier molecular flexibility index (Phi) is 3.24. The van der Waals surface area contributed by atoms with Crippen LogP contribution in [0.5, 0.6) is 5.75 Å². The summed E-state index contributed by atoms with van der Waals surface area (Å²) in [4.78, 5) is 14.5. The Bertz CT molecular complexity index is 796. The van der Waals surface area contributed by atoms with Gasteiger partial charge in [0, 0.05) is 0 Å². The first-order valence-electron chi connectivity index (χ1n) is 6.30. The van der Waals surface area contributed by atoms with E-state index < -0.39 is 24.0 Å². The number of anilines is 1. The Morgan fingerprint density at radius 2 is 1.91 bits per heavy atom. The lowest BCUT2D eigenvalue weighted by atomic mass is 10.0. The first-order valence-corrected chi connectivity index (χ1v) is 6.30. The molecule has 1 aliphatic heterocycles. The predicted octanol–water partition coefficient (Wildman–Crippen LogP) is 1.99. The van der Waals surface area contributed by atoms with Gasteiger partial charge >= 0.3 is 12.1 Å². The standard InChI is InChI=1S/C13H9F3N4O3/c14-13(15,16)11-18-12-17-8(10(22)23)5-9(20(12)19-11)6-1-3-7(21)4-2-6/h1-5,9,21H,(H,22,23)(H,17,18,19)/t9-/m0/s1. The number of carbonyl (C=O) groups is 1. The second-order valence-corrected chi connectivity index (χ2v) is 4.75. The van der Waals surface area contributed by atoms with Crippen LogP contribution in [-0.4, -0.2) is 30.9 Å². The molecule has 0 saturated heterocycles. The third-order valence-corrected chi connectivity index (χ3v) is 3.18. The van der Waals surface area contributed by atoms with E-state index in [2.05, 4.69) is 15.4 Å². The number of nitrogens with one attached hydrogen (secondary N) is 1. The highest BCUT2D eigenvalue weighted by atomic mass is 19.4. The molecular weight excluding hydrogens is 317 g/mol. The molecule has 1 aromatic heterocycles. The third kappa shape index (κ3) is 2.70. The largest absolute Gasteiger partial charge is 0.508 e. The quantitative estimate of drug-likeness (QED) is 0.780. The van der Waals surface area contributed by atoms with Gasteiger partial charge in [-0.25, -0.2) is 9.48 Å². The minimum atomic E-state index is -4.76. The fourth-order valence-electron chi connectivity index (χ4n) is 2.15.